The van der Waals surface area contributed by atoms with Crippen LogP contribution in [0.15, 0.2) is 26.0 Å². The number of amides is 1. The van der Waals surface area contributed by atoms with Crippen molar-refractivity contribution in [3.05, 3.63) is 34.5 Å². The van der Waals surface area contributed by atoms with Crippen LogP contribution in [-0.2, 0) is 22.6 Å². The van der Waals surface area contributed by atoms with Crippen molar-refractivity contribution in [3.8, 4) is 0 Å². The van der Waals surface area contributed by atoms with Gasteiger partial charge in [0.25, 0.3) is 0 Å². The predicted octanol–water partition coefficient (Wildman–Crippen LogP) is 0.867. The van der Waals surface area contributed by atoms with Crippen molar-refractivity contribution in [2.75, 3.05) is 12.8 Å². The van der Waals surface area contributed by atoms with Crippen LogP contribution in [0, 0.1) is 12.8 Å². The van der Waals surface area contributed by atoms with Crippen molar-refractivity contribution in [2.45, 2.75) is 106 Å². The number of thioether (sulfide) groups is 1. The zero-order valence-corrected chi connectivity index (χ0v) is 25.0. The van der Waals surface area contributed by atoms with Crippen LogP contribution in [0.5, 0.6) is 0 Å². The van der Waals surface area contributed by atoms with Crippen molar-refractivity contribution in [3.63, 3.8) is 0 Å². The smallest absolute Gasteiger partial charge is 0.396 e. The monoisotopic (exact) mass is 617 g/mol. The van der Waals surface area contributed by atoms with E-state index in [1.165, 1.54) is 11.8 Å². The molecule has 2 aromatic rings. The van der Waals surface area contributed by atoms with Gasteiger partial charge in [-0.05, 0) is 64.7 Å². The summed E-state index contributed by atoms with van der Waals surface area (Å²) in [5.74, 6) is 0.00538. The molecule has 4 rings (SSSR count). The number of aromatic nitrogens is 3. The topological polar surface area (TPSA) is 176 Å². The van der Waals surface area contributed by atoms with Gasteiger partial charge in [0.15, 0.2) is 5.76 Å². The van der Waals surface area contributed by atoms with Crippen LogP contribution in [0.4, 0.5) is 0 Å². The fourth-order valence-corrected chi connectivity index (χ4v) is 6.57. The van der Waals surface area contributed by atoms with Crippen molar-refractivity contribution in [2.24, 2.45) is 5.92 Å². The average molecular weight is 618 g/mol. The molecule has 4 heterocycles. The van der Waals surface area contributed by atoms with Gasteiger partial charge in [-0.15, -0.1) is 28.5 Å². The molecule has 1 unspecified atom stereocenters. The number of hydrogen-bond acceptors (Lipinski definition) is 12. The molecule has 1 amide bonds. The fourth-order valence-electron chi connectivity index (χ4n) is 5.68. The molecule has 0 aliphatic carbocycles. The minimum atomic E-state index is -1.46. The van der Waals surface area contributed by atoms with Gasteiger partial charge in [0.1, 0.15) is 35.6 Å². The lowest BCUT2D eigenvalue weighted by Crippen LogP contribution is -2.65. The largest absolute Gasteiger partial charge is 0.519 e. The molecule has 2 aliphatic rings. The number of aliphatic hydroxyl groups excluding tert-OH is 3. The number of ether oxygens (including phenoxy) is 1. The molecule has 0 saturated carbocycles. The number of carbonyl (C=O) groups excluding carboxylic acids is 1. The van der Waals surface area contributed by atoms with E-state index in [9.17, 15) is 24.9 Å². The Morgan fingerprint density at radius 3 is 2.63 bits per heavy atom. The summed E-state index contributed by atoms with van der Waals surface area (Å²) in [6, 6.07) is -1.44. The zero-order chi connectivity index (χ0) is 29.7. The number of likely N-dealkylation sites (tertiary alicyclic amines) is 1. The van der Waals surface area contributed by atoms with Crippen molar-refractivity contribution < 1.29 is 33.7 Å². The van der Waals surface area contributed by atoms with E-state index in [4.69, 9.17) is 25.2 Å². The molecule has 230 valence electrons. The molecule has 0 aromatic carbocycles. The second-order valence-corrected chi connectivity index (χ2v) is 12.5. The van der Waals surface area contributed by atoms with Crippen LogP contribution in [0.25, 0.3) is 0 Å². The number of hydrogen-bond donors (Lipinski definition) is 4. The van der Waals surface area contributed by atoms with Gasteiger partial charge >= 0.3 is 5.82 Å². The number of aryl methyl sites for hydroxylation is 2. The van der Waals surface area contributed by atoms with Gasteiger partial charge < -0.3 is 34.2 Å². The molecular weight excluding hydrogens is 578 g/mol. The summed E-state index contributed by atoms with van der Waals surface area (Å²) in [7, 11) is 0. The third-order valence-corrected chi connectivity index (χ3v) is 9.19. The Kier molecular flexibility index (Phi) is 11.3. The SMILES string of the molecule is CS[C@H]1OC([C@H](NC(=O)[C@@H]2CC[C@H](CCCn3ccnn3)CCN2Cc2oc(=O)oc2C)[C@H](C)Cl)[C@H](O)[C@H](O)[C@H]1O. The number of aliphatic hydroxyl groups is 3. The first kappa shape index (κ1) is 32.0. The van der Waals surface area contributed by atoms with Gasteiger partial charge in [-0.2, -0.15) is 0 Å². The summed E-state index contributed by atoms with van der Waals surface area (Å²) in [4.78, 5) is 27.6. The first-order valence-electron chi connectivity index (χ1n) is 13.9. The van der Waals surface area contributed by atoms with Crippen LogP contribution in [0.2, 0.25) is 0 Å². The van der Waals surface area contributed by atoms with Crippen LogP contribution in [0.3, 0.4) is 0 Å². The Morgan fingerprint density at radius 1 is 1.22 bits per heavy atom. The van der Waals surface area contributed by atoms with E-state index in [2.05, 4.69) is 15.6 Å². The molecule has 0 bridgehead atoms. The lowest BCUT2D eigenvalue weighted by Gasteiger charge is -2.44. The summed E-state index contributed by atoms with van der Waals surface area (Å²) in [5, 5.41) is 41.6. The summed E-state index contributed by atoms with van der Waals surface area (Å²) in [5.41, 5.74) is -0.798. The fraction of sp³-hybridized carbons (Fsp3) is 0.769. The average Bonchev–Trinajstić information content (AvgIpc) is 3.51. The zero-order valence-electron chi connectivity index (χ0n) is 23.5. The van der Waals surface area contributed by atoms with E-state index in [0.29, 0.717) is 30.4 Å². The van der Waals surface area contributed by atoms with Crippen LogP contribution < -0.4 is 11.1 Å². The molecule has 13 nitrogen and oxygen atoms in total. The summed E-state index contributed by atoms with van der Waals surface area (Å²) >= 11 is 7.69. The summed E-state index contributed by atoms with van der Waals surface area (Å²) in [6.07, 6.45) is 4.05. The lowest BCUT2D eigenvalue weighted by atomic mass is 9.92. The minimum Gasteiger partial charge on any atom is -0.396 e. The van der Waals surface area contributed by atoms with Gasteiger partial charge in [0.2, 0.25) is 5.91 Å². The van der Waals surface area contributed by atoms with E-state index < -0.39 is 53.1 Å². The van der Waals surface area contributed by atoms with Gasteiger partial charge in [-0.1, -0.05) is 5.21 Å². The standard InChI is InChI=1S/C26H40ClN5O8S/c1-14(27)19(23-21(34)20(33)22(35)25(40-23)41-3)29-24(36)17-7-6-16(5-4-10-32-12-9-28-30-32)8-11-31(17)13-18-15(2)38-26(37)39-18/h9,12,14,16-17,19-23,25,33-35H,4-8,10-11,13H2,1-3H3,(H,29,36)/t14-,16-,17-,19+,20-,21+,22+,23?,25+/m0/s1. The molecule has 2 aromatic heterocycles. The quantitative estimate of drug-likeness (QED) is 0.262. The normalized spacial score (nSPS) is 31.0. The highest BCUT2D eigenvalue weighted by Gasteiger charge is 2.48. The molecule has 4 N–H and O–H groups in total. The van der Waals surface area contributed by atoms with Gasteiger partial charge in [-0.3, -0.25) is 14.4 Å². The molecule has 0 radical (unpaired) electrons. The van der Waals surface area contributed by atoms with E-state index >= 15 is 0 Å². The molecule has 9 atom stereocenters. The maximum Gasteiger partial charge on any atom is 0.519 e. The maximum absolute atomic E-state index is 13.9. The maximum atomic E-state index is 13.9. The Labute approximate surface area is 247 Å². The summed E-state index contributed by atoms with van der Waals surface area (Å²) < 4.78 is 18.0. The van der Waals surface area contributed by atoms with E-state index in [0.717, 1.165) is 32.2 Å². The highest BCUT2D eigenvalue weighted by molar-refractivity contribution is 7.99. The number of nitrogens with one attached hydrogen (secondary N) is 1. The molecule has 2 saturated heterocycles. The van der Waals surface area contributed by atoms with Gasteiger partial charge in [0, 0.05) is 12.7 Å². The molecule has 2 aliphatic heterocycles. The second kappa shape index (κ2) is 14.5. The highest BCUT2D eigenvalue weighted by atomic mass is 35.5. The van der Waals surface area contributed by atoms with Gasteiger partial charge in [-0.25, -0.2) is 4.79 Å². The molecule has 41 heavy (non-hydrogen) atoms. The predicted molar refractivity (Wildman–Crippen MR) is 150 cm³/mol. The van der Waals surface area contributed by atoms with E-state index in [-0.39, 0.29) is 12.5 Å². The third kappa shape index (κ3) is 7.92. The number of rotatable bonds is 11. The Morgan fingerprint density at radius 2 is 2.00 bits per heavy atom. The van der Waals surface area contributed by atoms with Crippen LogP contribution in [0.1, 0.15) is 50.5 Å². The number of nitrogens with zero attached hydrogens (tertiary/aromatic N) is 4. The summed E-state index contributed by atoms with van der Waals surface area (Å²) in [6.45, 7) is 4.89. The van der Waals surface area contributed by atoms with Crippen LogP contribution in [-0.4, -0.2) is 101 Å². The van der Waals surface area contributed by atoms with E-state index in [1.54, 1.807) is 31.0 Å². The minimum absolute atomic E-state index is 0.213. The number of carbonyl (C=O) groups is 1. The van der Waals surface area contributed by atoms with Gasteiger partial charge in [0.05, 0.1) is 30.2 Å². The van der Waals surface area contributed by atoms with Crippen LogP contribution >= 0.6 is 23.4 Å². The number of halogens is 1. The Bertz CT molecular complexity index is 1160. The molecule has 0 spiro atoms. The lowest BCUT2D eigenvalue weighted by molar-refractivity contribution is -0.205. The van der Waals surface area contributed by atoms with E-state index in [1.807, 2.05) is 11.1 Å². The Balaban J connectivity index is 1.49. The molecular formula is C26H40ClN5O8S. The van der Waals surface area contributed by atoms with Crippen molar-refractivity contribution in [1.82, 2.24) is 25.2 Å². The van der Waals surface area contributed by atoms with Crippen molar-refractivity contribution >= 4 is 29.3 Å². The Hall–Kier alpha value is -1.94. The second-order valence-electron chi connectivity index (χ2n) is 10.8. The third-order valence-electron chi connectivity index (χ3n) is 8.07. The first-order chi connectivity index (χ1) is 19.6. The highest BCUT2D eigenvalue weighted by Crippen LogP contribution is 2.31. The van der Waals surface area contributed by atoms with Crippen molar-refractivity contribution in [1.29, 1.82) is 0 Å². The molecule has 15 heteroatoms. The molecule has 2 fully saturated rings. The first-order valence-corrected chi connectivity index (χ1v) is 15.7. The number of alkyl halides is 1.